The zero-order valence-corrected chi connectivity index (χ0v) is 14.5. The van der Waals surface area contributed by atoms with Gasteiger partial charge in [-0.05, 0) is 43.3 Å². The maximum absolute atomic E-state index is 12.3. The molecule has 0 unspecified atom stereocenters. The highest BCUT2D eigenvalue weighted by Gasteiger charge is 2.11. The molecule has 0 saturated heterocycles. The van der Waals surface area contributed by atoms with Crippen molar-refractivity contribution in [3.8, 4) is 5.69 Å². The first-order valence-electron chi connectivity index (χ1n) is 7.80. The van der Waals surface area contributed by atoms with Crippen molar-refractivity contribution in [1.82, 2.24) is 9.55 Å². The number of aromatic nitrogens is 2. The third kappa shape index (κ3) is 4.33. The molecule has 1 amide bonds. The molecule has 1 N–H and O–H groups in total. The van der Waals surface area contributed by atoms with E-state index in [1.165, 1.54) is 11.3 Å². The van der Waals surface area contributed by atoms with Crippen molar-refractivity contribution in [3.63, 3.8) is 0 Å². The van der Waals surface area contributed by atoms with Gasteiger partial charge in [-0.2, -0.15) is 0 Å². The summed E-state index contributed by atoms with van der Waals surface area (Å²) in [7, 11) is 0. The summed E-state index contributed by atoms with van der Waals surface area (Å²) in [5, 5.41) is 4.94. The van der Waals surface area contributed by atoms with Gasteiger partial charge in [-0.15, -0.1) is 11.3 Å². The van der Waals surface area contributed by atoms with Crippen molar-refractivity contribution < 1.29 is 14.3 Å². The number of thiazole rings is 1. The first-order valence-corrected chi connectivity index (χ1v) is 8.68. The van der Waals surface area contributed by atoms with Crippen LogP contribution in [0.4, 0.5) is 5.13 Å². The molecule has 0 aliphatic rings. The predicted octanol–water partition coefficient (Wildman–Crippen LogP) is 3.29. The Morgan fingerprint density at radius 3 is 2.60 bits per heavy atom. The van der Waals surface area contributed by atoms with Gasteiger partial charge in [0.1, 0.15) is 0 Å². The summed E-state index contributed by atoms with van der Waals surface area (Å²) in [5.41, 5.74) is 2.10. The number of benzene rings is 1. The van der Waals surface area contributed by atoms with Crippen LogP contribution < -0.4 is 5.32 Å². The van der Waals surface area contributed by atoms with E-state index in [0.29, 0.717) is 23.0 Å². The van der Waals surface area contributed by atoms with Gasteiger partial charge in [0.15, 0.2) is 5.13 Å². The minimum Gasteiger partial charge on any atom is -0.466 e. The lowest BCUT2D eigenvalue weighted by atomic mass is 10.2. The molecule has 128 valence electrons. The normalized spacial score (nSPS) is 10.4. The molecule has 0 saturated carbocycles. The first kappa shape index (κ1) is 16.9. The fourth-order valence-corrected chi connectivity index (χ4v) is 2.97. The molecule has 6 nitrogen and oxygen atoms in total. The quantitative estimate of drug-likeness (QED) is 0.689. The van der Waals surface area contributed by atoms with E-state index in [0.717, 1.165) is 5.69 Å². The van der Waals surface area contributed by atoms with E-state index in [2.05, 4.69) is 10.3 Å². The Balaban J connectivity index is 1.62. The molecule has 0 fully saturated rings. The van der Waals surface area contributed by atoms with Crippen LogP contribution in [0, 0.1) is 0 Å². The molecule has 2 aromatic heterocycles. The fourth-order valence-electron chi connectivity index (χ4n) is 2.27. The molecule has 3 rings (SSSR count). The minimum atomic E-state index is -0.328. The van der Waals surface area contributed by atoms with Crippen LogP contribution in [0.2, 0.25) is 0 Å². The van der Waals surface area contributed by atoms with Gasteiger partial charge < -0.3 is 9.30 Å². The number of hydrogen-bond acceptors (Lipinski definition) is 5. The Morgan fingerprint density at radius 2 is 1.92 bits per heavy atom. The number of ether oxygens (including phenoxy) is 1. The number of amides is 1. The van der Waals surface area contributed by atoms with Crippen LogP contribution in [0.1, 0.15) is 23.0 Å². The maximum Gasteiger partial charge on any atom is 0.311 e. The highest BCUT2D eigenvalue weighted by Crippen LogP contribution is 2.18. The average molecular weight is 355 g/mol. The fraction of sp³-hybridized carbons (Fsp3) is 0.167. The number of nitrogens with zero attached hydrogens (tertiary/aromatic N) is 2. The lowest BCUT2D eigenvalue weighted by Gasteiger charge is -2.05. The molecule has 0 atom stereocenters. The van der Waals surface area contributed by atoms with Gasteiger partial charge >= 0.3 is 5.97 Å². The van der Waals surface area contributed by atoms with Crippen molar-refractivity contribution in [3.05, 3.63) is 65.4 Å². The van der Waals surface area contributed by atoms with E-state index in [4.69, 9.17) is 4.74 Å². The number of carbonyl (C=O) groups is 2. The second kappa shape index (κ2) is 7.76. The number of rotatable bonds is 6. The van der Waals surface area contributed by atoms with E-state index < -0.39 is 0 Å². The van der Waals surface area contributed by atoms with Crippen LogP contribution in [-0.2, 0) is 16.0 Å². The molecule has 7 heteroatoms. The minimum absolute atomic E-state index is 0.103. The zero-order valence-electron chi connectivity index (χ0n) is 13.6. The van der Waals surface area contributed by atoms with Crippen LogP contribution in [0.15, 0.2) is 54.2 Å². The average Bonchev–Trinajstić information content (AvgIpc) is 3.27. The first-order chi connectivity index (χ1) is 12.2. The number of esters is 1. The largest absolute Gasteiger partial charge is 0.466 e. The van der Waals surface area contributed by atoms with E-state index >= 15 is 0 Å². The Labute approximate surface area is 149 Å². The second-order valence-corrected chi connectivity index (χ2v) is 6.08. The number of anilines is 1. The molecule has 1 aromatic carbocycles. The Morgan fingerprint density at radius 1 is 1.20 bits per heavy atom. The van der Waals surface area contributed by atoms with Crippen LogP contribution >= 0.6 is 11.3 Å². The summed E-state index contributed by atoms with van der Waals surface area (Å²) in [4.78, 5) is 28.0. The number of nitrogens with one attached hydrogen (secondary N) is 1. The lowest BCUT2D eigenvalue weighted by molar-refractivity contribution is -0.142. The van der Waals surface area contributed by atoms with Gasteiger partial charge in [0.2, 0.25) is 0 Å². The smallest absolute Gasteiger partial charge is 0.311 e. The van der Waals surface area contributed by atoms with E-state index in [-0.39, 0.29) is 18.3 Å². The lowest BCUT2D eigenvalue weighted by Crippen LogP contribution is -2.12. The molecular weight excluding hydrogens is 338 g/mol. The topological polar surface area (TPSA) is 73.2 Å². The number of carbonyl (C=O) groups excluding carboxylic acids is 2. The van der Waals surface area contributed by atoms with Gasteiger partial charge in [0, 0.05) is 29.0 Å². The van der Waals surface area contributed by atoms with Crippen molar-refractivity contribution in [2.45, 2.75) is 13.3 Å². The standard InChI is InChI=1S/C18H17N3O3S/c1-2-24-16(22)11-14-12-25-18(19-14)20-17(23)13-5-7-15(8-6-13)21-9-3-4-10-21/h3-10,12H,2,11H2,1H3,(H,19,20,23). The predicted molar refractivity (Wildman–Crippen MR) is 96.2 cm³/mol. The van der Waals surface area contributed by atoms with Gasteiger partial charge in [-0.3, -0.25) is 14.9 Å². The second-order valence-electron chi connectivity index (χ2n) is 5.22. The summed E-state index contributed by atoms with van der Waals surface area (Å²) < 4.78 is 6.85. The van der Waals surface area contributed by atoms with Crippen molar-refractivity contribution in [2.24, 2.45) is 0 Å². The third-order valence-corrected chi connectivity index (χ3v) is 4.24. The van der Waals surface area contributed by atoms with Crippen LogP contribution in [0.5, 0.6) is 0 Å². The molecule has 2 heterocycles. The maximum atomic E-state index is 12.3. The number of hydrogen-bond donors (Lipinski definition) is 1. The monoisotopic (exact) mass is 355 g/mol. The van der Waals surface area contributed by atoms with Crippen molar-refractivity contribution in [2.75, 3.05) is 11.9 Å². The highest BCUT2D eigenvalue weighted by atomic mass is 32.1. The summed E-state index contributed by atoms with van der Waals surface area (Å²) >= 11 is 1.28. The highest BCUT2D eigenvalue weighted by molar-refractivity contribution is 7.14. The molecule has 0 spiro atoms. The summed E-state index contributed by atoms with van der Waals surface area (Å²) in [6.07, 6.45) is 3.98. The van der Waals surface area contributed by atoms with E-state index in [1.807, 2.05) is 41.2 Å². The Bertz CT molecular complexity index is 854. The van der Waals surface area contributed by atoms with Crippen LogP contribution in [0.25, 0.3) is 5.69 Å². The van der Waals surface area contributed by atoms with Crippen LogP contribution in [-0.4, -0.2) is 28.0 Å². The molecule has 0 bridgehead atoms. The SMILES string of the molecule is CCOC(=O)Cc1csc(NC(=O)c2ccc(-n3cccc3)cc2)n1. The van der Waals surface area contributed by atoms with E-state index in [1.54, 1.807) is 24.4 Å². The van der Waals surface area contributed by atoms with Crippen LogP contribution in [0.3, 0.4) is 0 Å². The molecule has 0 radical (unpaired) electrons. The van der Waals surface area contributed by atoms with Crippen molar-refractivity contribution >= 4 is 28.3 Å². The molecule has 3 aromatic rings. The molecule has 0 aliphatic carbocycles. The van der Waals surface area contributed by atoms with E-state index in [9.17, 15) is 9.59 Å². The Hall–Kier alpha value is -2.93. The summed E-state index contributed by atoms with van der Waals surface area (Å²) in [6.45, 7) is 2.09. The van der Waals surface area contributed by atoms with Crippen molar-refractivity contribution in [1.29, 1.82) is 0 Å². The zero-order chi connectivity index (χ0) is 17.6. The Kier molecular flexibility index (Phi) is 5.25. The molecule has 0 aliphatic heterocycles. The summed E-state index contributed by atoms with van der Waals surface area (Å²) in [5.74, 6) is -0.567. The van der Waals surface area contributed by atoms with Gasteiger partial charge in [0.25, 0.3) is 5.91 Å². The third-order valence-electron chi connectivity index (χ3n) is 3.44. The summed E-state index contributed by atoms with van der Waals surface area (Å²) in [6, 6.07) is 11.2. The van der Waals surface area contributed by atoms with Gasteiger partial charge in [-0.25, -0.2) is 4.98 Å². The molecular formula is C18H17N3O3S. The van der Waals surface area contributed by atoms with Gasteiger partial charge in [-0.1, -0.05) is 0 Å². The van der Waals surface area contributed by atoms with Gasteiger partial charge in [0.05, 0.1) is 18.7 Å². The molecule has 25 heavy (non-hydrogen) atoms.